The molecule has 0 radical (unpaired) electrons. The molecule has 0 atom stereocenters. The lowest BCUT2D eigenvalue weighted by Crippen LogP contribution is -2.27. The van der Waals surface area contributed by atoms with E-state index < -0.39 is 5.91 Å². The van der Waals surface area contributed by atoms with Gasteiger partial charge in [-0.3, -0.25) is 14.9 Å². The van der Waals surface area contributed by atoms with Crippen molar-refractivity contribution in [3.05, 3.63) is 66.1 Å². The average molecular weight is 456 g/mol. The monoisotopic (exact) mass is 455 g/mol. The number of thioether (sulfide) groups is 1. The van der Waals surface area contributed by atoms with Crippen LogP contribution in [0.5, 0.6) is 0 Å². The Morgan fingerprint density at radius 3 is 2.74 bits per heavy atom. The van der Waals surface area contributed by atoms with E-state index in [1.54, 1.807) is 12.1 Å². The molecule has 0 unspecified atom stereocenters. The van der Waals surface area contributed by atoms with Gasteiger partial charge in [0.25, 0.3) is 5.91 Å². The molecule has 1 aromatic carbocycles. The zero-order valence-electron chi connectivity index (χ0n) is 16.1. The molecule has 11 heteroatoms. The molecule has 4 aromatic rings. The SMILES string of the molecule is O=C(CSc1nnc(NC(=O)c2cc(-c3ccco3)on2)s1)NCCc1ccccc1. The van der Waals surface area contributed by atoms with Gasteiger partial charge in [0.15, 0.2) is 15.8 Å². The van der Waals surface area contributed by atoms with Crippen LogP contribution in [-0.4, -0.2) is 39.5 Å². The zero-order chi connectivity index (χ0) is 21.5. The molecular weight excluding hydrogens is 438 g/mol. The van der Waals surface area contributed by atoms with Crippen molar-refractivity contribution in [1.82, 2.24) is 20.7 Å². The van der Waals surface area contributed by atoms with Crippen LogP contribution in [0.3, 0.4) is 0 Å². The fraction of sp³-hybridized carbons (Fsp3) is 0.150. The zero-order valence-corrected chi connectivity index (χ0v) is 17.7. The first-order chi connectivity index (χ1) is 15.2. The van der Waals surface area contributed by atoms with Crippen molar-refractivity contribution in [3.8, 4) is 11.5 Å². The Morgan fingerprint density at radius 2 is 1.94 bits per heavy atom. The summed E-state index contributed by atoms with van der Waals surface area (Å²) in [6.45, 7) is 0.568. The second kappa shape index (κ2) is 10.0. The molecule has 158 valence electrons. The van der Waals surface area contributed by atoms with E-state index in [1.807, 2.05) is 30.3 Å². The van der Waals surface area contributed by atoms with E-state index in [2.05, 4.69) is 26.0 Å². The van der Waals surface area contributed by atoms with Gasteiger partial charge in [0, 0.05) is 12.6 Å². The standard InChI is InChI=1S/C20H17N5O4S2/c26-17(21-9-8-13-5-2-1-3-6-13)12-30-20-24-23-19(31-20)22-18(27)14-11-16(29-25-14)15-7-4-10-28-15/h1-7,10-11H,8-9,12H2,(H,21,26)(H,22,23,27). The molecule has 0 aliphatic heterocycles. The van der Waals surface area contributed by atoms with Crippen LogP contribution in [-0.2, 0) is 11.2 Å². The van der Waals surface area contributed by atoms with Crippen LogP contribution < -0.4 is 10.6 Å². The lowest BCUT2D eigenvalue weighted by molar-refractivity contribution is -0.118. The molecule has 4 rings (SSSR count). The number of furan rings is 1. The Balaban J connectivity index is 1.22. The quantitative estimate of drug-likeness (QED) is 0.290. The molecule has 31 heavy (non-hydrogen) atoms. The van der Waals surface area contributed by atoms with Gasteiger partial charge in [0.1, 0.15) is 0 Å². The van der Waals surface area contributed by atoms with Gasteiger partial charge in [-0.05, 0) is 24.1 Å². The molecule has 0 saturated heterocycles. The summed E-state index contributed by atoms with van der Waals surface area (Å²) in [5.74, 6) is 0.473. The maximum Gasteiger partial charge on any atom is 0.279 e. The number of amides is 2. The van der Waals surface area contributed by atoms with Gasteiger partial charge in [-0.15, -0.1) is 10.2 Å². The van der Waals surface area contributed by atoms with Gasteiger partial charge in [-0.2, -0.15) is 0 Å². The van der Waals surface area contributed by atoms with Crippen LogP contribution >= 0.6 is 23.1 Å². The highest BCUT2D eigenvalue weighted by Crippen LogP contribution is 2.26. The van der Waals surface area contributed by atoms with Crippen LogP contribution in [0.15, 0.2) is 68.1 Å². The van der Waals surface area contributed by atoms with E-state index in [-0.39, 0.29) is 17.4 Å². The second-order valence-electron chi connectivity index (χ2n) is 6.26. The highest BCUT2D eigenvalue weighted by molar-refractivity contribution is 8.01. The second-order valence-corrected chi connectivity index (χ2v) is 8.46. The fourth-order valence-electron chi connectivity index (χ4n) is 2.57. The van der Waals surface area contributed by atoms with Crippen molar-refractivity contribution < 1.29 is 18.5 Å². The van der Waals surface area contributed by atoms with Gasteiger partial charge in [-0.1, -0.05) is 58.6 Å². The lowest BCUT2D eigenvalue weighted by Gasteiger charge is -2.04. The number of rotatable bonds is 9. The van der Waals surface area contributed by atoms with Crippen molar-refractivity contribution in [2.24, 2.45) is 0 Å². The van der Waals surface area contributed by atoms with Crippen LogP contribution in [0.1, 0.15) is 16.1 Å². The van der Waals surface area contributed by atoms with E-state index in [4.69, 9.17) is 8.94 Å². The highest BCUT2D eigenvalue weighted by Gasteiger charge is 2.17. The molecule has 0 bridgehead atoms. The maximum absolute atomic E-state index is 12.3. The number of carbonyl (C=O) groups excluding carboxylic acids is 2. The Labute approximate surface area is 185 Å². The first kappa shape index (κ1) is 20.8. The summed E-state index contributed by atoms with van der Waals surface area (Å²) in [5.41, 5.74) is 1.26. The first-order valence-corrected chi connectivity index (χ1v) is 11.1. The number of nitrogens with one attached hydrogen (secondary N) is 2. The minimum absolute atomic E-state index is 0.0882. The number of anilines is 1. The molecule has 3 aromatic heterocycles. The van der Waals surface area contributed by atoms with E-state index in [9.17, 15) is 9.59 Å². The van der Waals surface area contributed by atoms with Crippen molar-refractivity contribution in [2.75, 3.05) is 17.6 Å². The number of aromatic nitrogens is 3. The molecule has 3 heterocycles. The number of benzene rings is 1. The molecule has 9 nitrogen and oxygen atoms in total. The van der Waals surface area contributed by atoms with Crippen molar-refractivity contribution in [1.29, 1.82) is 0 Å². The lowest BCUT2D eigenvalue weighted by atomic mass is 10.1. The van der Waals surface area contributed by atoms with Crippen LogP contribution in [0.2, 0.25) is 0 Å². The van der Waals surface area contributed by atoms with E-state index in [1.165, 1.54) is 41.0 Å². The maximum atomic E-state index is 12.3. The topological polar surface area (TPSA) is 123 Å². The molecule has 0 spiro atoms. The Morgan fingerprint density at radius 1 is 1.06 bits per heavy atom. The number of hydrogen-bond acceptors (Lipinski definition) is 9. The largest absolute Gasteiger partial charge is 0.461 e. The predicted molar refractivity (Wildman–Crippen MR) is 116 cm³/mol. The number of nitrogens with zero attached hydrogens (tertiary/aromatic N) is 3. The molecule has 2 amide bonds. The average Bonchev–Trinajstić information content (AvgIpc) is 3.54. The molecule has 0 aliphatic carbocycles. The molecule has 0 saturated carbocycles. The van der Waals surface area contributed by atoms with E-state index in [0.29, 0.717) is 27.5 Å². The number of hydrogen-bond donors (Lipinski definition) is 2. The molecule has 2 N–H and O–H groups in total. The van der Waals surface area contributed by atoms with E-state index in [0.717, 1.165) is 6.42 Å². The third kappa shape index (κ3) is 5.80. The normalized spacial score (nSPS) is 10.7. The van der Waals surface area contributed by atoms with Gasteiger partial charge in [-0.25, -0.2) is 0 Å². The van der Waals surface area contributed by atoms with Gasteiger partial charge in [0.05, 0.1) is 12.0 Å². The summed E-state index contributed by atoms with van der Waals surface area (Å²) < 4.78 is 10.9. The van der Waals surface area contributed by atoms with Gasteiger partial charge >= 0.3 is 0 Å². The van der Waals surface area contributed by atoms with Gasteiger partial charge < -0.3 is 14.3 Å². The van der Waals surface area contributed by atoms with Crippen LogP contribution in [0.4, 0.5) is 5.13 Å². The Hall–Kier alpha value is -3.44. The highest BCUT2D eigenvalue weighted by atomic mass is 32.2. The minimum Gasteiger partial charge on any atom is -0.461 e. The smallest absolute Gasteiger partial charge is 0.279 e. The van der Waals surface area contributed by atoms with E-state index >= 15 is 0 Å². The summed E-state index contributed by atoms with van der Waals surface area (Å²) in [5, 5.41) is 17.4. The minimum atomic E-state index is -0.479. The summed E-state index contributed by atoms with van der Waals surface area (Å²) in [6.07, 6.45) is 2.28. The number of carbonyl (C=O) groups is 2. The van der Waals surface area contributed by atoms with Gasteiger partial charge in [0.2, 0.25) is 16.8 Å². The first-order valence-electron chi connectivity index (χ1n) is 9.26. The molecule has 0 aliphatic rings. The van der Waals surface area contributed by atoms with Crippen molar-refractivity contribution in [3.63, 3.8) is 0 Å². The fourth-order valence-corrected chi connectivity index (χ4v) is 4.14. The van der Waals surface area contributed by atoms with Crippen LogP contribution in [0.25, 0.3) is 11.5 Å². The third-order valence-corrected chi connectivity index (χ3v) is 6.01. The molecule has 0 fully saturated rings. The van der Waals surface area contributed by atoms with Crippen molar-refractivity contribution >= 4 is 40.0 Å². The Kier molecular flexibility index (Phi) is 6.75. The molecular formula is C20H17N5O4S2. The summed E-state index contributed by atoms with van der Waals surface area (Å²) in [4.78, 5) is 24.3. The van der Waals surface area contributed by atoms with Crippen LogP contribution in [0, 0.1) is 0 Å². The summed E-state index contributed by atoms with van der Waals surface area (Å²) in [7, 11) is 0. The third-order valence-electron chi connectivity index (χ3n) is 4.04. The predicted octanol–water partition coefficient (Wildman–Crippen LogP) is 3.49. The summed E-state index contributed by atoms with van der Waals surface area (Å²) in [6, 6.07) is 14.8. The van der Waals surface area contributed by atoms with Crippen molar-refractivity contribution in [2.45, 2.75) is 10.8 Å². The Bertz CT molecular complexity index is 1140. The summed E-state index contributed by atoms with van der Waals surface area (Å²) >= 11 is 2.43.